The van der Waals surface area contributed by atoms with Crippen LogP contribution in [-0.4, -0.2) is 12.2 Å². The van der Waals surface area contributed by atoms with Gasteiger partial charge < -0.3 is 9.84 Å². The number of hydrogen-bond donors (Lipinski definition) is 1. The SMILES string of the molecule is COc1ccc(/C=C/c2ccc(C(C)(C)O)cc2)cc1. The van der Waals surface area contributed by atoms with Crippen LogP contribution in [-0.2, 0) is 5.60 Å². The van der Waals surface area contributed by atoms with Gasteiger partial charge in [-0.25, -0.2) is 0 Å². The van der Waals surface area contributed by atoms with Crippen LogP contribution in [0.2, 0.25) is 0 Å². The molecule has 0 bridgehead atoms. The fourth-order valence-corrected chi connectivity index (χ4v) is 1.91. The van der Waals surface area contributed by atoms with E-state index in [4.69, 9.17) is 4.74 Å². The van der Waals surface area contributed by atoms with Crippen molar-refractivity contribution in [2.45, 2.75) is 19.4 Å². The van der Waals surface area contributed by atoms with Crippen molar-refractivity contribution in [2.24, 2.45) is 0 Å². The van der Waals surface area contributed by atoms with Gasteiger partial charge in [-0.05, 0) is 42.7 Å². The first-order chi connectivity index (χ1) is 9.49. The fraction of sp³-hybridized carbons (Fsp3) is 0.222. The average molecular weight is 268 g/mol. The first-order valence-electron chi connectivity index (χ1n) is 6.64. The molecule has 0 atom stereocenters. The topological polar surface area (TPSA) is 29.5 Å². The Bertz CT molecular complexity index is 572. The summed E-state index contributed by atoms with van der Waals surface area (Å²) in [6, 6.07) is 15.8. The van der Waals surface area contributed by atoms with Crippen molar-refractivity contribution >= 4 is 12.2 Å². The number of ether oxygens (including phenoxy) is 1. The Morgan fingerprint density at radius 3 is 1.70 bits per heavy atom. The predicted molar refractivity (Wildman–Crippen MR) is 83.6 cm³/mol. The fourth-order valence-electron chi connectivity index (χ4n) is 1.91. The highest BCUT2D eigenvalue weighted by molar-refractivity contribution is 5.69. The van der Waals surface area contributed by atoms with Gasteiger partial charge >= 0.3 is 0 Å². The molecule has 104 valence electrons. The smallest absolute Gasteiger partial charge is 0.118 e. The summed E-state index contributed by atoms with van der Waals surface area (Å²) in [4.78, 5) is 0. The zero-order chi connectivity index (χ0) is 14.6. The van der Waals surface area contributed by atoms with Gasteiger partial charge in [-0.15, -0.1) is 0 Å². The van der Waals surface area contributed by atoms with E-state index in [1.807, 2.05) is 48.5 Å². The lowest BCUT2D eigenvalue weighted by atomic mass is 9.97. The Hall–Kier alpha value is -2.06. The Morgan fingerprint density at radius 2 is 1.30 bits per heavy atom. The Labute approximate surface area is 120 Å². The molecule has 0 aliphatic heterocycles. The lowest BCUT2D eigenvalue weighted by molar-refractivity contribution is 0.0786. The highest BCUT2D eigenvalue weighted by atomic mass is 16.5. The van der Waals surface area contributed by atoms with Gasteiger partial charge in [0.1, 0.15) is 5.75 Å². The van der Waals surface area contributed by atoms with E-state index in [9.17, 15) is 5.11 Å². The van der Waals surface area contributed by atoms with Crippen molar-refractivity contribution in [1.29, 1.82) is 0 Å². The Kier molecular flexibility index (Phi) is 4.26. The Morgan fingerprint density at radius 1 is 0.850 bits per heavy atom. The molecular weight excluding hydrogens is 248 g/mol. The van der Waals surface area contributed by atoms with Crippen LogP contribution >= 0.6 is 0 Å². The first-order valence-corrected chi connectivity index (χ1v) is 6.64. The Balaban J connectivity index is 2.10. The summed E-state index contributed by atoms with van der Waals surface area (Å²) in [5.41, 5.74) is 2.35. The summed E-state index contributed by atoms with van der Waals surface area (Å²) in [6.45, 7) is 3.57. The van der Waals surface area contributed by atoms with E-state index in [2.05, 4.69) is 12.2 Å². The van der Waals surface area contributed by atoms with E-state index >= 15 is 0 Å². The summed E-state index contributed by atoms with van der Waals surface area (Å²) in [6.07, 6.45) is 4.11. The molecule has 0 amide bonds. The van der Waals surface area contributed by atoms with E-state index in [-0.39, 0.29) is 0 Å². The van der Waals surface area contributed by atoms with Crippen molar-refractivity contribution in [3.63, 3.8) is 0 Å². The second-order valence-corrected chi connectivity index (χ2v) is 5.29. The second kappa shape index (κ2) is 5.93. The molecule has 0 saturated heterocycles. The molecule has 0 fully saturated rings. The molecule has 2 nitrogen and oxygen atoms in total. The largest absolute Gasteiger partial charge is 0.497 e. The third-order valence-electron chi connectivity index (χ3n) is 3.20. The van der Waals surface area contributed by atoms with Crippen molar-refractivity contribution in [3.8, 4) is 5.75 Å². The molecule has 0 spiro atoms. The van der Waals surface area contributed by atoms with Crippen molar-refractivity contribution in [2.75, 3.05) is 7.11 Å². The van der Waals surface area contributed by atoms with E-state index in [0.717, 1.165) is 22.4 Å². The third-order valence-corrected chi connectivity index (χ3v) is 3.20. The molecule has 0 aliphatic rings. The van der Waals surface area contributed by atoms with Gasteiger partial charge in [0, 0.05) is 0 Å². The predicted octanol–water partition coefficient (Wildman–Crippen LogP) is 4.09. The summed E-state index contributed by atoms with van der Waals surface area (Å²) in [5.74, 6) is 0.858. The molecule has 2 rings (SSSR count). The standard InChI is InChI=1S/C18H20O2/c1-18(2,19)16-10-6-14(7-11-16)4-5-15-8-12-17(20-3)13-9-15/h4-13,19H,1-3H3/b5-4+. The van der Waals surface area contributed by atoms with Gasteiger partial charge in [0.15, 0.2) is 0 Å². The van der Waals surface area contributed by atoms with Crippen molar-refractivity contribution in [3.05, 3.63) is 65.2 Å². The number of methoxy groups -OCH3 is 1. The van der Waals surface area contributed by atoms with Crippen LogP contribution in [0.3, 0.4) is 0 Å². The summed E-state index contributed by atoms with van der Waals surface area (Å²) in [5, 5.41) is 9.91. The molecule has 0 unspecified atom stereocenters. The minimum atomic E-state index is -0.793. The van der Waals surface area contributed by atoms with E-state index in [1.165, 1.54) is 0 Å². The van der Waals surface area contributed by atoms with Crippen LogP contribution in [0.15, 0.2) is 48.5 Å². The van der Waals surface area contributed by atoms with Crippen LogP contribution in [0.5, 0.6) is 5.75 Å². The van der Waals surface area contributed by atoms with Gasteiger partial charge in [-0.3, -0.25) is 0 Å². The molecule has 0 aromatic heterocycles. The minimum Gasteiger partial charge on any atom is -0.497 e. The minimum absolute atomic E-state index is 0.793. The van der Waals surface area contributed by atoms with Crippen molar-refractivity contribution < 1.29 is 9.84 Å². The highest BCUT2D eigenvalue weighted by Gasteiger charge is 2.14. The van der Waals surface area contributed by atoms with E-state index in [1.54, 1.807) is 21.0 Å². The quantitative estimate of drug-likeness (QED) is 0.846. The lowest BCUT2D eigenvalue weighted by Crippen LogP contribution is -2.14. The van der Waals surface area contributed by atoms with Crippen LogP contribution in [0.4, 0.5) is 0 Å². The molecule has 1 N–H and O–H groups in total. The maximum Gasteiger partial charge on any atom is 0.118 e. The number of hydrogen-bond acceptors (Lipinski definition) is 2. The maximum absolute atomic E-state index is 9.91. The number of aliphatic hydroxyl groups is 1. The van der Waals surface area contributed by atoms with Gasteiger partial charge in [0.25, 0.3) is 0 Å². The van der Waals surface area contributed by atoms with Gasteiger partial charge in [0.05, 0.1) is 12.7 Å². The van der Waals surface area contributed by atoms with Crippen LogP contribution in [0, 0.1) is 0 Å². The summed E-state index contributed by atoms with van der Waals surface area (Å²) >= 11 is 0. The summed E-state index contributed by atoms with van der Waals surface area (Å²) < 4.78 is 5.13. The van der Waals surface area contributed by atoms with Crippen LogP contribution in [0.1, 0.15) is 30.5 Å². The molecule has 0 heterocycles. The van der Waals surface area contributed by atoms with Gasteiger partial charge in [0.2, 0.25) is 0 Å². The third kappa shape index (κ3) is 3.72. The molecule has 0 aliphatic carbocycles. The van der Waals surface area contributed by atoms with Crippen molar-refractivity contribution in [1.82, 2.24) is 0 Å². The molecular formula is C18H20O2. The zero-order valence-electron chi connectivity index (χ0n) is 12.1. The molecule has 20 heavy (non-hydrogen) atoms. The summed E-state index contributed by atoms with van der Waals surface area (Å²) in [7, 11) is 1.66. The van der Waals surface area contributed by atoms with E-state index < -0.39 is 5.60 Å². The number of rotatable bonds is 4. The molecule has 0 saturated carbocycles. The molecule has 2 aromatic rings. The zero-order valence-corrected chi connectivity index (χ0v) is 12.1. The highest BCUT2D eigenvalue weighted by Crippen LogP contribution is 2.20. The molecule has 2 heteroatoms. The van der Waals surface area contributed by atoms with E-state index in [0.29, 0.717) is 0 Å². The number of benzene rings is 2. The molecule has 2 aromatic carbocycles. The van der Waals surface area contributed by atoms with Gasteiger partial charge in [-0.2, -0.15) is 0 Å². The lowest BCUT2D eigenvalue weighted by Gasteiger charge is -2.17. The normalized spacial score (nSPS) is 11.8. The average Bonchev–Trinajstić information content (AvgIpc) is 2.45. The molecule has 0 radical (unpaired) electrons. The van der Waals surface area contributed by atoms with Gasteiger partial charge in [-0.1, -0.05) is 48.6 Å². The monoisotopic (exact) mass is 268 g/mol. The first kappa shape index (κ1) is 14.4. The van der Waals surface area contributed by atoms with Crippen LogP contribution < -0.4 is 4.74 Å². The maximum atomic E-state index is 9.91. The second-order valence-electron chi connectivity index (χ2n) is 5.29. The van der Waals surface area contributed by atoms with Crippen LogP contribution in [0.25, 0.3) is 12.2 Å².